The molecule has 1 atom stereocenters. The van der Waals surface area contributed by atoms with Gasteiger partial charge in [-0.15, -0.1) is 10.2 Å². The first-order chi connectivity index (χ1) is 9.99. The molecule has 2 heterocycles. The maximum absolute atomic E-state index is 12.6. The summed E-state index contributed by atoms with van der Waals surface area (Å²) < 4.78 is 30.4. The second-order valence-corrected chi connectivity index (χ2v) is 5.00. The molecule has 116 valence electrons. The number of carbonyl (C=O) groups excluding carboxylic acids is 1. The molecule has 0 spiro atoms. The van der Waals surface area contributed by atoms with Crippen LogP contribution in [0.25, 0.3) is 0 Å². The summed E-state index contributed by atoms with van der Waals surface area (Å²) in [5.41, 5.74) is 0.250. The maximum Gasteiger partial charge on any atom is 0.273 e. The lowest BCUT2D eigenvalue weighted by Crippen LogP contribution is -2.28. The van der Waals surface area contributed by atoms with Crippen LogP contribution in [0.3, 0.4) is 0 Å². The third-order valence-corrected chi connectivity index (χ3v) is 3.26. The van der Waals surface area contributed by atoms with Crippen molar-refractivity contribution in [2.24, 2.45) is 0 Å². The molecule has 1 fully saturated rings. The van der Waals surface area contributed by atoms with Crippen LogP contribution < -0.4 is 4.90 Å². The Morgan fingerprint density at radius 2 is 2.14 bits per heavy atom. The summed E-state index contributed by atoms with van der Waals surface area (Å²) in [4.78, 5) is 15.0. The molecule has 1 aliphatic rings. The van der Waals surface area contributed by atoms with E-state index in [0.717, 1.165) is 0 Å². The predicted octanol–water partition coefficient (Wildman–Crippen LogP) is 1.04. The summed E-state index contributed by atoms with van der Waals surface area (Å²) in [6.07, 6.45) is -3.27. The number of amides is 1. The Bertz CT molecular complexity index is 482. The largest absolute Gasteiger partial charge is 0.370 e. The molecule has 0 bridgehead atoms. The van der Waals surface area contributed by atoms with E-state index in [1.165, 1.54) is 4.90 Å². The lowest BCUT2D eigenvalue weighted by atomic mass is 10.2. The first-order valence-corrected chi connectivity index (χ1v) is 6.69. The van der Waals surface area contributed by atoms with Gasteiger partial charge < -0.3 is 14.5 Å². The molecule has 1 aromatic heterocycles. The Morgan fingerprint density at radius 3 is 2.71 bits per heavy atom. The standard InChI is InChI=1S/C13H18F2N4O2/c1-18(2)13(20)9-3-4-11(17-16-9)19-6-5-10(12(14)15)21-8-7-19/h3-4,10,12H,5-8H2,1-2H3. The van der Waals surface area contributed by atoms with Crippen molar-refractivity contribution in [2.45, 2.75) is 19.0 Å². The molecule has 0 N–H and O–H groups in total. The van der Waals surface area contributed by atoms with E-state index in [1.807, 2.05) is 4.90 Å². The second-order valence-electron chi connectivity index (χ2n) is 5.00. The third-order valence-electron chi connectivity index (χ3n) is 3.26. The number of carbonyl (C=O) groups is 1. The SMILES string of the molecule is CN(C)C(=O)c1ccc(N2CCOC(C(F)F)CC2)nn1. The van der Waals surface area contributed by atoms with Crippen LogP contribution in [0.1, 0.15) is 16.9 Å². The summed E-state index contributed by atoms with van der Waals surface area (Å²) in [5, 5.41) is 7.89. The Hall–Kier alpha value is -1.83. The highest BCUT2D eigenvalue weighted by atomic mass is 19.3. The summed E-state index contributed by atoms with van der Waals surface area (Å²) in [7, 11) is 3.27. The highest BCUT2D eigenvalue weighted by Crippen LogP contribution is 2.18. The molecule has 0 aliphatic carbocycles. The number of alkyl halides is 2. The molecule has 1 aromatic rings. The molecule has 1 amide bonds. The van der Waals surface area contributed by atoms with Crippen LogP contribution in [-0.4, -0.2) is 67.3 Å². The van der Waals surface area contributed by atoms with Gasteiger partial charge in [0.2, 0.25) is 0 Å². The van der Waals surface area contributed by atoms with Crippen molar-refractivity contribution in [2.75, 3.05) is 38.7 Å². The number of nitrogens with zero attached hydrogens (tertiary/aromatic N) is 4. The van der Waals surface area contributed by atoms with Gasteiger partial charge in [-0.3, -0.25) is 4.79 Å². The average Bonchev–Trinajstić information content (AvgIpc) is 2.72. The predicted molar refractivity (Wildman–Crippen MR) is 72.6 cm³/mol. The molecule has 0 saturated carbocycles. The maximum atomic E-state index is 12.6. The van der Waals surface area contributed by atoms with E-state index < -0.39 is 12.5 Å². The van der Waals surface area contributed by atoms with Crippen molar-refractivity contribution < 1.29 is 18.3 Å². The Kier molecular flexibility index (Phi) is 5.00. The van der Waals surface area contributed by atoms with Crippen LogP contribution in [0.15, 0.2) is 12.1 Å². The topological polar surface area (TPSA) is 58.6 Å². The van der Waals surface area contributed by atoms with Gasteiger partial charge in [-0.25, -0.2) is 8.78 Å². The molecule has 0 radical (unpaired) electrons. The molecular weight excluding hydrogens is 282 g/mol. The minimum atomic E-state index is -2.48. The second kappa shape index (κ2) is 6.75. The zero-order chi connectivity index (χ0) is 15.4. The van der Waals surface area contributed by atoms with Crippen LogP contribution >= 0.6 is 0 Å². The van der Waals surface area contributed by atoms with Crippen molar-refractivity contribution in [3.63, 3.8) is 0 Å². The lowest BCUT2D eigenvalue weighted by molar-refractivity contribution is -0.0493. The number of aromatic nitrogens is 2. The van der Waals surface area contributed by atoms with Crippen LogP contribution in [0.5, 0.6) is 0 Å². The molecular formula is C13H18F2N4O2. The van der Waals surface area contributed by atoms with Crippen molar-refractivity contribution in [3.8, 4) is 0 Å². The Morgan fingerprint density at radius 1 is 1.38 bits per heavy atom. The van der Waals surface area contributed by atoms with Crippen molar-refractivity contribution in [1.29, 1.82) is 0 Å². The first kappa shape index (κ1) is 15.6. The quantitative estimate of drug-likeness (QED) is 0.835. The number of hydrogen-bond acceptors (Lipinski definition) is 5. The van der Waals surface area contributed by atoms with Gasteiger partial charge in [0.05, 0.1) is 6.61 Å². The number of hydrogen-bond donors (Lipinski definition) is 0. The molecule has 1 unspecified atom stereocenters. The van der Waals surface area contributed by atoms with Crippen molar-refractivity contribution >= 4 is 11.7 Å². The molecule has 1 aliphatic heterocycles. The minimum Gasteiger partial charge on any atom is -0.370 e. The monoisotopic (exact) mass is 300 g/mol. The molecule has 1 saturated heterocycles. The van der Waals surface area contributed by atoms with E-state index in [0.29, 0.717) is 18.9 Å². The fraction of sp³-hybridized carbons (Fsp3) is 0.615. The zero-order valence-corrected chi connectivity index (χ0v) is 12.0. The van der Waals surface area contributed by atoms with Gasteiger partial charge in [-0.2, -0.15) is 0 Å². The molecule has 2 rings (SSSR count). The Labute approximate surface area is 121 Å². The fourth-order valence-electron chi connectivity index (χ4n) is 2.06. The smallest absolute Gasteiger partial charge is 0.273 e. The van der Waals surface area contributed by atoms with Gasteiger partial charge in [0.1, 0.15) is 6.10 Å². The molecule has 21 heavy (non-hydrogen) atoms. The molecule has 8 heteroatoms. The summed E-state index contributed by atoms with van der Waals surface area (Å²) in [6, 6.07) is 3.26. The summed E-state index contributed by atoms with van der Waals surface area (Å²) in [5.74, 6) is 0.329. The molecule has 0 aromatic carbocycles. The van der Waals surface area contributed by atoms with Gasteiger partial charge in [0.25, 0.3) is 12.3 Å². The Balaban J connectivity index is 2.03. The number of anilines is 1. The number of ether oxygens (including phenoxy) is 1. The van der Waals surface area contributed by atoms with E-state index in [2.05, 4.69) is 10.2 Å². The first-order valence-electron chi connectivity index (χ1n) is 6.69. The average molecular weight is 300 g/mol. The fourth-order valence-corrected chi connectivity index (χ4v) is 2.06. The number of rotatable bonds is 3. The summed E-state index contributed by atoms with van der Waals surface area (Å²) >= 11 is 0. The van der Waals surface area contributed by atoms with E-state index in [-0.39, 0.29) is 24.6 Å². The van der Waals surface area contributed by atoms with Crippen molar-refractivity contribution in [3.05, 3.63) is 17.8 Å². The van der Waals surface area contributed by atoms with Gasteiger partial charge in [0, 0.05) is 27.2 Å². The van der Waals surface area contributed by atoms with E-state index in [1.54, 1.807) is 26.2 Å². The zero-order valence-electron chi connectivity index (χ0n) is 12.0. The van der Waals surface area contributed by atoms with E-state index >= 15 is 0 Å². The van der Waals surface area contributed by atoms with Crippen LogP contribution in [0, 0.1) is 0 Å². The minimum absolute atomic E-state index is 0.217. The number of halogens is 2. The van der Waals surface area contributed by atoms with Crippen LogP contribution in [0.2, 0.25) is 0 Å². The van der Waals surface area contributed by atoms with Gasteiger partial charge in [-0.1, -0.05) is 0 Å². The lowest BCUT2D eigenvalue weighted by Gasteiger charge is -2.20. The van der Waals surface area contributed by atoms with Crippen LogP contribution in [-0.2, 0) is 4.74 Å². The third kappa shape index (κ3) is 3.84. The van der Waals surface area contributed by atoms with E-state index in [4.69, 9.17) is 4.74 Å². The van der Waals surface area contributed by atoms with Gasteiger partial charge in [0.15, 0.2) is 11.5 Å². The molecule has 6 nitrogen and oxygen atoms in total. The van der Waals surface area contributed by atoms with E-state index in [9.17, 15) is 13.6 Å². The van der Waals surface area contributed by atoms with Gasteiger partial charge >= 0.3 is 0 Å². The van der Waals surface area contributed by atoms with Crippen LogP contribution in [0.4, 0.5) is 14.6 Å². The normalized spacial score (nSPS) is 19.5. The van der Waals surface area contributed by atoms with Crippen molar-refractivity contribution in [1.82, 2.24) is 15.1 Å². The highest BCUT2D eigenvalue weighted by molar-refractivity contribution is 5.91. The highest BCUT2D eigenvalue weighted by Gasteiger charge is 2.25. The van der Waals surface area contributed by atoms with Gasteiger partial charge in [-0.05, 0) is 18.6 Å². The summed E-state index contributed by atoms with van der Waals surface area (Å²) in [6.45, 7) is 1.11.